The van der Waals surface area contributed by atoms with Crippen molar-refractivity contribution in [3.8, 4) is 0 Å². The van der Waals surface area contributed by atoms with Crippen LogP contribution in [0.25, 0.3) is 0 Å². The van der Waals surface area contributed by atoms with Gasteiger partial charge in [0.15, 0.2) is 0 Å². The number of carboxylic acid groups (broad SMARTS) is 1. The lowest BCUT2D eigenvalue weighted by Gasteiger charge is -1.99. The molecule has 15 heavy (non-hydrogen) atoms. The number of allylic oxidation sites excluding steroid dienone is 1. The van der Waals surface area contributed by atoms with Gasteiger partial charge >= 0.3 is 5.97 Å². The third kappa shape index (κ3) is 3.26. The molecule has 0 saturated heterocycles. The van der Waals surface area contributed by atoms with E-state index < -0.39 is 11.9 Å². The Morgan fingerprint density at radius 1 is 1.67 bits per heavy atom. The van der Waals surface area contributed by atoms with E-state index in [1.165, 1.54) is 17.1 Å². The molecule has 1 aromatic rings. The number of hydrogen-bond donors (Lipinski definition) is 2. The topological polar surface area (TPSA) is 98.2 Å². The summed E-state index contributed by atoms with van der Waals surface area (Å²) < 4.78 is 1.45. The Morgan fingerprint density at radius 2 is 2.33 bits per heavy atom. The molecule has 0 saturated carbocycles. The van der Waals surface area contributed by atoms with Gasteiger partial charge in [-0.15, -0.1) is 0 Å². The molecule has 0 aliphatic rings. The van der Waals surface area contributed by atoms with Gasteiger partial charge in [-0.1, -0.05) is 0 Å². The summed E-state index contributed by atoms with van der Waals surface area (Å²) in [6, 6.07) is 0. The molecule has 1 heterocycles. The van der Waals surface area contributed by atoms with Crippen molar-refractivity contribution in [2.24, 2.45) is 5.73 Å². The number of hydrogen-bond acceptors (Lipinski definition) is 3. The second-order valence-corrected chi connectivity index (χ2v) is 3.12. The smallest absolute Gasteiger partial charge is 0.328 e. The third-order valence-corrected chi connectivity index (χ3v) is 1.70. The number of carbonyl (C=O) groups is 2. The molecule has 6 nitrogen and oxygen atoms in total. The maximum atomic E-state index is 10.7. The number of carbonyl (C=O) groups excluding carboxylic acids is 1. The van der Waals surface area contributed by atoms with Crippen molar-refractivity contribution >= 4 is 11.9 Å². The molecule has 0 aromatic carbocycles. The second-order valence-electron chi connectivity index (χ2n) is 3.12. The minimum absolute atomic E-state index is 0.304. The number of nitrogens with zero attached hydrogens (tertiary/aromatic N) is 2. The van der Waals surface area contributed by atoms with Crippen molar-refractivity contribution in [2.45, 2.75) is 13.5 Å². The molecule has 80 valence electrons. The predicted molar refractivity (Wildman–Crippen MR) is 52.1 cm³/mol. The first kappa shape index (κ1) is 11.0. The molecule has 0 atom stereocenters. The summed E-state index contributed by atoms with van der Waals surface area (Å²) in [5.74, 6) is -1.56. The van der Waals surface area contributed by atoms with Crippen molar-refractivity contribution in [1.29, 1.82) is 0 Å². The van der Waals surface area contributed by atoms with E-state index in [9.17, 15) is 9.59 Å². The third-order valence-electron chi connectivity index (χ3n) is 1.70. The van der Waals surface area contributed by atoms with Gasteiger partial charge in [-0.25, -0.2) is 4.79 Å². The molecule has 0 aliphatic carbocycles. The zero-order valence-electron chi connectivity index (χ0n) is 8.17. The number of nitrogens with two attached hydrogens (primary N) is 1. The van der Waals surface area contributed by atoms with Gasteiger partial charge in [0.25, 0.3) is 5.91 Å². The number of amides is 1. The molecule has 1 rings (SSSR count). The van der Waals surface area contributed by atoms with Crippen LogP contribution in [0, 0.1) is 0 Å². The fraction of sp³-hybridized carbons (Fsp3) is 0.222. The highest BCUT2D eigenvalue weighted by Crippen LogP contribution is 2.01. The number of carboxylic acids is 1. The molecule has 0 aliphatic heterocycles. The summed E-state index contributed by atoms with van der Waals surface area (Å²) in [4.78, 5) is 21.1. The monoisotopic (exact) mass is 209 g/mol. The Balaban J connectivity index is 2.73. The summed E-state index contributed by atoms with van der Waals surface area (Å²) in [6.45, 7) is 1.99. The van der Waals surface area contributed by atoms with Gasteiger partial charge in [0, 0.05) is 12.3 Å². The second kappa shape index (κ2) is 4.41. The summed E-state index contributed by atoms with van der Waals surface area (Å²) in [6.07, 6.45) is 3.91. The number of primary amides is 1. The summed E-state index contributed by atoms with van der Waals surface area (Å²) >= 11 is 0. The Labute approximate surface area is 86.0 Å². The van der Waals surface area contributed by atoms with Gasteiger partial charge in [-0.2, -0.15) is 5.10 Å². The lowest BCUT2D eigenvalue weighted by molar-refractivity contribution is -0.131. The van der Waals surface area contributed by atoms with Crippen LogP contribution in [0.5, 0.6) is 0 Å². The highest BCUT2D eigenvalue weighted by Gasteiger charge is 2.04. The minimum Gasteiger partial charge on any atom is -0.478 e. The summed E-state index contributed by atoms with van der Waals surface area (Å²) in [5, 5.41) is 12.3. The van der Waals surface area contributed by atoms with Crippen LogP contribution in [-0.2, 0) is 11.3 Å². The molecule has 0 spiro atoms. The molecule has 0 fully saturated rings. The molecule has 1 aromatic heterocycles. The first-order valence-electron chi connectivity index (χ1n) is 4.21. The lowest BCUT2D eigenvalue weighted by Crippen LogP contribution is -2.09. The highest BCUT2D eigenvalue weighted by molar-refractivity contribution is 5.92. The van der Waals surface area contributed by atoms with Crippen LogP contribution >= 0.6 is 0 Å². The molecular formula is C9H11N3O3. The molecule has 0 bridgehead atoms. The summed E-state index contributed by atoms with van der Waals surface area (Å²) in [7, 11) is 0. The SMILES string of the molecule is CC(=CC(=O)O)Cn1cc(C(N)=O)cn1. The fourth-order valence-corrected chi connectivity index (χ4v) is 1.09. The first-order valence-corrected chi connectivity index (χ1v) is 4.21. The van der Waals surface area contributed by atoms with Crippen LogP contribution in [0.1, 0.15) is 17.3 Å². The first-order chi connectivity index (χ1) is 6.99. The number of aromatic nitrogens is 2. The Hall–Kier alpha value is -2.11. The molecular weight excluding hydrogens is 198 g/mol. The maximum absolute atomic E-state index is 10.7. The zero-order valence-corrected chi connectivity index (χ0v) is 8.17. The van der Waals surface area contributed by atoms with E-state index in [0.717, 1.165) is 6.08 Å². The Bertz CT molecular complexity index is 420. The van der Waals surface area contributed by atoms with Crippen molar-refractivity contribution in [1.82, 2.24) is 9.78 Å². The van der Waals surface area contributed by atoms with Gasteiger partial charge in [-0.05, 0) is 12.5 Å². The Morgan fingerprint density at radius 3 is 2.80 bits per heavy atom. The number of aliphatic carboxylic acids is 1. The van der Waals surface area contributed by atoms with Gasteiger partial charge in [0.05, 0.1) is 18.3 Å². The molecule has 0 radical (unpaired) electrons. The van der Waals surface area contributed by atoms with E-state index in [4.69, 9.17) is 10.8 Å². The van der Waals surface area contributed by atoms with Crippen LogP contribution in [0.2, 0.25) is 0 Å². The number of rotatable bonds is 4. The zero-order chi connectivity index (χ0) is 11.4. The lowest BCUT2D eigenvalue weighted by atomic mass is 10.3. The van der Waals surface area contributed by atoms with E-state index in [-0.39, 0.29) is 0 Å². The van der Waals surface area contributed by atoms with E-state index in [2.05, 4.69) is 5.10 Å². The van der Waals surface area contributed by atoms with E-state index >= 15 is 0 Å². The normalized spacial score (nSPS) is 11.4. The van der Waals surface area contributed by atoms with Gasteiger partial charge in [0.1, 0.15) is 0 Å². The minimum atomic E-state index is -1.00. The average Bonchev–Trinajstić information content (AvgIpc) is 2.50. The van der Waals surface area contributed by atoms with Crippen LogP contribution in [0.15, 0.2) is 24.0 Å². The van der Waals surface area contributed by atoms with Gasteiger partial charge in [0.2, 0.25) is 0 Å². The van der Waals surface area contributed by atoms with Crippen LogP contribution in [0.4, 0.5) is 0 Å². The van der Waals surface area contributed by atoms with E-state index in [1.807, 2.05) is 0 Å². The standard InChI is InChI=1S/C9H11N3O3/c1-6(2-8(13)14)4-12-5-7(3-11-12)9(10)15/h2-3,5H,4H2,1H3,(H2,10,15)(H,13,14). The molecule has 3 N–H and O–H groups in total. The Kier molecular flexibility index (Phi) is 3.22. The van der Waals surface area contributed by atoms with E-state index in [0.29, 0.717) is 17.7 Å². The largest absolute Gasteiger partial charge is 0.478 e. The summed E-state index contributed by atoms with van der Waals surface area (Å²) in [5.41, 5.74) is 5.97. The van der Waals surface area contributed by atoms with Crippen molar-refractivity contribution in [2.75, 3.05) is 0 Å². The van der Waals surface area contributed by atoms with Crippen molar-refractivity contribution in [3.05, 3.63) is 29.6 Å². The van der Waals surface area contributed by atoms with Crippen molar-refractivity contribution in [3.63, 3.8) is 0 Å². The van der Waals surface area contributed by atoms with Crippen LogP contribution in [0.3, 0.4) is 0 Å². The molecule has 6 heteroatoms. The van der Waals surface area contributed by atoms with E-state index in [1.54, 1.807) is 6.92 Å². The molecule has 0 unspecified atom stereocenters. The van der Waals surface area contributed by atoms with Gasteiger partial charge in [-0.3, -0.25) is 9.48 Å². The maximum Gasteiger partial charge on any atom is 0.328 e. The van der Waals surface area contributed by atoms with Crippen LogP contribution < -0.4 is 5.73 Å². The average molecular weight is 209 g/mol. The fourth-order valence-electron chi connectivity index (χ4n) is 1.09. The van der Waals surface area contributed by atoms with Crippen LogP contribution in [-0.4, -0.2) is 26.8 Å². The van der Waals surface area contributed by atoms with Gasteiger partial charge < -0.3 is 10.8 Å². The molecule has 1 amide bonds. The quantitative estimate of drug-likeness (QED) is 0.682. The predicted octanol–water partition coefficient (Wildman–Crippen LogP) is 0.0129. The van der Waals surface area contributed by atoms with Crippen molar-refractivity contribution < 1.29 is 14.7 Å². The highest BCUT2D eigenvalue weighted by atomic mass is 16.4.